The van der Waals surface area contributed by atoms with Gasteiger partial charge in [0.25, 0.3) is 0 Å². The summed E-state index contributed by atoms with van der Waals surface area (Å²) in [5, 5.41) is 14.1. The molecule has 5 nitrogen and oxygen atoms in total. The molecule has 2 N–H and O–H groups in total. The van der Waals surface area contributed by atoms with Crippen molar-refractivity contribution in [2.24, 2.45) is 4.99 Å². The maximum atomic E-state index is 10.5. The van der Waals surface area contributed by atoms with E-state index in [0.29, 0.717) is 6.42 Å². The molecule has 0 aliphatic carbocycles. The van der Waals surface area contributed by atoms with Gasteiger partial charge >= 0.3 is 0 Å². The molecule has 2 heterocycles. The lowest BCUT2D eigenvalue weighted by Gasteiger charge is -2.31. The first-order valence-corrected chi connectivity index (χ1v) is 10.6. The molecule has 2 aliphatic rings. The summed E-state index contributed by atoms with van der Waals surface area (Å²) in [7, 11) is 0. The molecule has 0 radical (unpaired) electrons. The zero-order valence-corrected chi connectivity index (χ0v) is 18.0. The number of aromatic hydroxyl groups is 1. The van der Waals surface area contributed by atoms with Gasteiger partial charge < -0.3 is 14.6 Å². The fourth-order valence-corrected chi connectivity index (χ4v) is 4.26. The van der Waals surface area contributed by atoms with Gasteiger partial charge in [-0.1, -0.05) is 45.8 Å². The molecule has 0 spiro atoms. The van der Waals surface area contributed by atoms with Crippen molar-refractivity contribution in [3.8, 4) is 17.2 Å². The summed E-state index contributed by atoms with van der Waals surface area (Å²) in [5.74, 6) is 1.76. The molecule has 0 saturated heterocycles. The lowest BCUT2D eigenvalue weighted by atomic mass is 9.93. The van der Waals surface area contributed by atoms with Crippen LogP contribution in [0.25, 0.3) is 0 Å². The number of hydrogen-bond acceptors (Lipinski definition) is 5. The van der Waals surface area contributed by atoms with Crippen LogP contribution in [0.4, 0.5) is 0 Å². The number of nitrogens with zero attached hydrogens (tertiary/aromatic N) is 1. The first-order chi connectivity index (χ1) is 14.6. The van der Waals surface area contributed by atoms with E-state index in [0.717, 1.165) is 38.4 Å². The third-order valence-corrected chi connectivity index (χ3v) is 6.00. The first-order valence-electron chi connectivity index (χ1n) is 9.84. The summed E-state index contributed by atoms with van der Waals surface area (Å²) in [6.45, 7) is 2.31. The van der Waals surface area contributed by atoms with Crippen molar-refractivity contribution in [1.82, 2.24) is 5.32 Å². The number of fused-ring (bicyclic) bond motifs is 1. The molecule has 3 aromatic carbocycles. The number of aliphatic imine (C=N–C) groups is 1. The smallest absolute Gasteiger partial charge is 0.231 e. The van der Waals surface area contributed by atoms with E-state index in [4.69, 9.17) is 14.5 Å². The standard InChI is InChI=1S/C24H21BrN2O3/c1-14-2-4-15(5-3-14)24-26-19(16-6-9-22-23(10-16)30-13-29-22)12-20(27-24)18-11-17(25)7-8-21(18)28/h2-11,20,24,27-28H,12-13H2,1H3/t20-,24+/m1/s1. The normalized spacial score (nSPS) is 20.1. The molecule has 2 aliphatic heterocycles. The fourth-order valence-electron chi connectivity index (χ4n) is 3.88. The minimum Gasteiger partial charge on any atom is -0.508 e. The number of hydrogen-bond donors (Lipinski definition) is 2. The van der Waals surface area contributed by atoms with Crippen LogP contribution in [-0.4, -0.2) is 17.6 Å². The van der Waals surface area contributed by atoms with Crippen molar-refractivity contribution in [2.75, 3.05) is 6.79 Å². The predicted molar refractivity (Wildman–Crippen MR) is 119 cm³/mol. The van der Waals surface area contributed by atoms with Gasteiger partial charge in [0.15, 0.2) is 11.5 Å². The van der Waals surface area contributed by atoms with Crippen molar-refractivity contribution < 1.29 is 14.6 Å². The summed E-state index contributed by atoms with van der Waals surface area (Å²) >= 11 is 3.53. The van der Waals surface area contributed by atoms with Crippen molar-refractivity contribution in [3.63, 3.8) is 0 Å². The molecule has 30 heavy (non-hydrogen) atoms. The van der Waals surface area contributed by atoms with Crippen LogP contribution in [0.5, 0.6) is 17.2 Å². The maximum Gasteiger partial charge on any atom is 0.231 e. The predicted octanol–water partition coefficient (Wildman–Crippen LogP) is 5.41. The Bertz CT molecular complexity index is 1130. The van der Waals surface area contributed by atoms with E-state index in [1.807, 2.05) is 30.3 Å². The van der Waals surface area contributed by atoms with Crippen LogP contribution < -0.4 is 14.8 Å². The topological polar surface area (TPSA) is 63.1 Å². The number of nitrogens with one attached hydrogen (secondary N) is 1. The minimum atomic E-state index is -0.219. The monoisotopic (exact) mass is 464 g/mol. The molecule has 0 bridgehead atoms. The number of rotatable bonds is 3. The van der Waals surface area contributed by atoms with E-state index in [1.54, 1.807) is 6.07 Å². The lowest BCUT2D eigenvalue weighted by Crippen LogP contribution is -2.33. The first kappa shape index (κ1) is 19.2. The van der Waals surface area contributed by atoms with E-state index < -0.39 is 0 Å². The summed E-state index contributed by atoms with van der Waals surface area (Å²) in [5.41, 5.74) is 5.09. The van der Waals surface area contributed by atoms with Crippen LogP contribution in [0.15, 0.2) is 70.1 Å². The number of benzene rings is 3. The molecule has 3 aromatic rings. The molecule has 0 amide bonds. The van der Waals surface area contributed by atoms with E-state index in [9.17, 15) is 5.11 Å². The van der Waals surface area contributed by atoms with Crippen molar-refractivity contribution in [1.29, 1.82) is 0 Å². The Hall–Kier alpha value is -2.83. The third kappa shape index (κ3) is 3.68. The summed E-state index contributed by atoms with van der Waals surface area (Å²) in [4.78, 5) is 5.02. The van der Waals surface area contributed by atoms with Gasteiger partial charge in [0.2, 0.25) is 6.79 Å². The van der Waals surface area contributed by atoms with Gasteiger partial charge in [0, 0.05) is 28.2 Å². The molecule has 0 aromatic heterocycles. The Kier molecular flexibility index (Phi) is 4.97. The van der Waals surface area contributed by atoms with Crippen LogP contribution in [0, 0.1) is 6.92 Å². The zero-order chi connectivity index (χ0) is 20.7. The van der Waals surface area contributed by atoms with Gasteiger partial charge in [-0.05, 0) is 54.4 Å². The van der Waals surface area contributed by atoms with Gasteiger partial charge in [-0.25, -0.2) is 0 Å². The molecule has 2 atom stereocenters. The largest absolute Gasteiger partial charge is 0.508 e. The molecule has 5 rings (SSSR count). The number of aryl methyl sites for hydroxylation is 1. The van der Waals surface area contributed by atoms with E-state index in [1.165, 1.54) is 5.56 Å². The van der Waals surface area contributed by atoms with Gasteiger partial charge in [0.05, 0.1) is 0 Å². The Morgan fingerprint density at radius 1 is 1.00 bits per heavy atom. The number of phenolic OH excluding ortho intramolecular Hbond substituents is 1. The second-order valence-electron chi connectivity index (χ2n) is 7.58. The highest BCUT2D eigenvalue weighted by molar-refractivity contribution is 9.10. The van der Waals surface area contributed by atoms with Gasteiger partial charge in [0.1, 0.15) is 11.9 Å². The van der Waals surface area contributed by atoms with Crippen LogP contribution in [0.1, 0.15) is 40.9 Å². The molecule has 0 unspecified atom stereocenters. The Morgan fingerprint density at radius 3 is 2.63 bits per heavy atom. The number of ether oxygens (including phenoxy) is 2. The average Bonchev–Trinajstić information content (AvgIpc) is 3.23. The Morgan fingerprint density at radius 2 is 1.80 bits per heavy atom. The summed E-state index contributed by atoms with van der Waals surface area (Å²) in [6, 6.07) is 19.7. The number of halogens is 1. The Balaban J connectivity index is 1.56. The average molecular weight is 465 g/mol. The van der Waals surface area contributed by atoms with Gasteiger partial charge in [-0.2, -0.15) is 0 Å². The molecule has 6 heteroatoms. The zero-order valence-electron chi connectivity index (χ0n) is 16.4. The molecular formula is C24H21BrN2O3. The van der Waals surface area contributed by atoms with Crippen molar-refractivity contribution in [2.45, 2.75) is 25.6 Å². The molecular weight excluding hydrogens is 444 g/mol. The quantitative estimate of drug-likeness (QED) is 0.543. The highest BCUT2D eigenvalue weighted by atomic mass is 79.9. The molecule has 0 saturated carbocycles. The second kappa shape index (κ2) is 7.78. The van der Waals surface area contributed by atoms with Crippen LogP contribution in [-0.2, 0) is 0 Å². The fraction of sp³-hybridized carbons (Fsp3) is 0.208. The van der Waals surface area contributed by atoms with E-state index in [2.05, 4.69) is 52.4 Å². The lowest BCUT2D eigenvalue weighted by molar-refractivity contribution is 0.174. The van der Waals surface area contributed by atoms with Crippen LogP contribution >= 0.6 is 15.9 Å². The van der Waals surface area contributed by atoms with Crippen molar-refractivity contribution >= 4 is 21.6 Å². The summed E-state index contributed by atoms with van der Waals surface area (Å²) < 4.78 is 11.9. The maximum absolute atomic E-state index is 10.5. The van der Waals surface area contributed by atoms with E-state index >= 15 is 0 Å². The van der Waals surface area contributed by atoms with Crippen molar-refractivity contribution in [3.05, 3.63) is 87.4 Å². The van der Waals surface area contributed by atoms with Gasteiger partial charge in [-0.15, -0.1) is 0 Å². The third-order valence-electron chi connectivity index (χ3n) is 5.51. The SMILES string of the molecule is Cc1ccc([C@H]2N=C(c3ccc4c(c3)OCO4)C[C@H](c3cc(Br)ccc3O)N2)cc1. The minimum absolute atomic E-state index is 0.0910. The highest BCUT2D eigenvalue weighted by Crippen LogP contribution is 2.38. The van der Waals surface area contributed by atoms with Crippen LogP contribution in [0.2, 0.25) is 0 Å². The molecule has 152 valence electrons. The number of phenols is 1. The summed E-state index contributed by atoms with van der Waals surface area (Å²) in [6.07, 6.45) is 0.426. The van der Waals surface area contributed by atoms with E-state index in [-0.39, 0.29) is 24.8 Å². The van der Waals surface area contributed by atoms with Gasteiger partial charge in [-0.3, -0.25) is 10.3 Å². The highest BCUT2D eigenvalue weighted by Gasteiger charge is 2.28. The Labute approximate surface area is 183 Å². The second-order valence-corrected chi connectivity index (χ2v) is 8.50. The molecule has 0 fully saturated rings. The van der Waals surface area contributed by atoms with Crippen LogP contribution in [0.3, 0.4) is 0 Å².